The van der Waals surface area contributed by atoms with Gasteiger partial charge < -0.3 is 14.4 Å². The quantitative estimate of drug-likeness (QED) is 0.926. The van der Waals surface area contributed by atoms with Crippen molar-refractivity contribution in [1.29, 1.82) is 0 Å². The van der Waals surface area contributed by atoms with E-state index in [-0.39, 0.29) is 18.6 Å². The van der Waals surface area contributed by atoms with E-state index < -0.39 is 0 Å². The van der Waals surface area contributed by atoms with E-state index in [1.807, 2.05) is 27.6 Å². The van der Waals surface area contributed by atoms with Gasteiger partial charge in [0, 0.05) is 31.0 Å². The van der Waals surface area contributed by atoms with Crippen molar-refractivity contribution >= 4 is 11.4 Å². The van der Waals surface area contributed by atoms with Crippen LogP contribution in [-0.4, -0.2) is 44.5 Å². The summed E-state index contributed by atoms with van der Waals surface area (Å²) in [6.07, 6.45) is 9.17. The number of aliphatic hydroxyl groups excluding tert-OH is 1. The predicted octanol–water partition coefficient (Wildman–Crippen LogP) is 1.71. The summed E-state index contributed by atoms with van der Waals surface area (Å²) in [5, 5.41) is 9.15. The topological polar surface area (TPSA) is 57.8 Å². The highest BCUT2D eigenvalue weighted by Gasteiger charge is 2.27. The van der Waals surface area contributed by atoms with E-state index in [9.17, 15) is 4.79 Å². The molecule has 5 nitrogen and oxygen atoms in total. The molecule has 106 valence electrons. The zero-order valence-corrected chi connectivity index (χ0v) is 11.4. The highest BCUT2D eigenvalue weighted by atomic mass is 16.3. The third-order valence-electron chi connectivity index (χ3n) is 4.01. The Balaban J connectivity index is 1.85. The van der Waals surface area contributed by atoms with Crippen molar-refractivity contribution in [2.45, 2.75) is 31.7 Å². The van der Waals surface area contributed by atoms with Gasteiger partial charge in [0.05, 0.1) is 18.0 Å². The van der Waals surface area contributed by atoms with E-state index in [1.165, 1.54) is 0 Å². The molecule has 2 aromatic heterocycles. The number of hydrogen-bond donors (Lipinski definition) is 1. The van der Waals surface area contributed by atoms with Crippen molar-refractivity contribution in [3.63, 3.8) is 0 Å². The van der Waals surface area contributed by atoms with Crippen LogP contribution in [0.15, 0.2) is 30.9 Å². The lowest BCUT2D eigenvalue weighted by molar-refractivity contribution is 0.0574. The van der Waals surface area contributed by atoms with Crippen molar-refractivity contribution in [1.82, 2.24) is 14.3 Å². The Morgan fingerprint density at radius 3 is 3.20 bits per heavy atom. The summed E-state index contributed by atoms with van der Waals surface area (Å²) in [7, 11) is 0. The first-order valence-electron chi connectivity index (χ1n) is 7.13. The van der Waals surface area contributed by atoms with Crippen molar-refractivity contribution in [2.24, 2.45) is 0 Å². The highest BCUT2D eigenvalue weighted by molar-refractivity contribution is 5.95. The Kier molecular flexibility index (Phi) is 3.69. The monoisotopic (exact) mass is 273 g/mol. The van der Waals surface area contributed by atoms with Crippen molar-refractivity contribution in [3.05, 3.63) is 36.4 Å². The average molecular weight is 273 g/mol. The van der Waals surface area contributed by atoms with Gasteiger partial charge in [-0.2, -0.15) is 0 Å². The Hall–Kier alpha value is -1.88. The Labute approximate surface area is 117 Å². The molecule has 0 spiro atoms. The third kappa shape index (κ3) is 2.41. The molecule has 1 saturated heterocycles. The van der Waals surface area contributed by atoms with Crippen LogP contribution < -0.4 is 0 Å². The highest BCUT2D eigenvalue weighted by Crippen LogP contribution is 2.22. The van der Waals surface area contributed by atoms with Crippen molar-refractivity contribution < 1.29 is 9.90 Å². The first kappa shape index (κ1) is 13.1. The number of hydrogen-bond acceptors (Lipinski definition) is 3. The van der Waals surface area contributed by atoms with Crippen LogP contribution in [0.5, 0.6) is 0 Å². The van der Waals surface area contributed by atoms with Gasteiger partial charge in [-0.15, -0.1) is 0 Å². The number of fused-ring (bicyclic) bond motifs is 1. The lowest BCUT2D eigenvalue weighted by atomic mass is 9.98. The Morgan fingerprint density at radius 2 is 2.35 bits per heavy atom. The second kappa shape index (κ2) is 5.63. The largest absolute Gasteiger partial charge is 0.396 e. The van der Waals surface area contributed by atoms with Crippen LogP contribution in [0.2, 0.25) is 0 Å². The van der Waals surface area contributed by atoms with Gasteiger partial charge in [-0.1, -0.05) is 0 Å². The van der Waals surface area contributed by atoms with Crippen molar-refractivity contribution in [3.8, 4) is 0 Å². The number of aromatic nitrogens is 2. The number of carbonyl (C=O) groups is 1. The molecule has 0 aromatic carbocycles. The first-order valence-corrected chi connectivity index (χ1v) is 7.13. The van der Waals surface area contributed by atoms with Crippen molar-refractivity contribution in [2.75, 3.05) is 13.2 Å². The SMILES string of the molecule is O=C(c1ccn2cncc2c1)N1CCCCC1CCO. The van der Waals surface area contributed by atoms with E-state index in [1.54, 1.807) is 12.5 Å². The van der Waals surface area contributed by atoms with Crippen LogP contribution in [0.3, 0.4) is 0 Å². The molecule has 1 N–H and O–H groups in total. The number of aliphatic hydroxyl groups is 1. The summed E-state index contributed by atoms with van der Waals surface area (Å²) in [4.78, 5) is 18.6. The molecule has 3 rings (SSSR count). The molecule has 1 aliphatic rings. The maximum atomic E-state index is 12.7. The first-order chi connectivity index (χ1) is 9.79. The molecule has 0 bridgehead atoms. The molecular formula is C15H19N3O2. The molecule has 2 aromatic rings. The minimum absolute atomic E-state index is 0.0619. The van der Waals surface area contributed by atoms with E-state index >= 15 is 0 Å². The number of rotatable bonds is 3. The summed E-state index contributed by atoms with van der Waals surface area (Å²) in [5.74, 6) is 0.0619. The van der Waals surface area contributed by atoms with Gasteiger partial charge >= 0.3 is 0 Å². The number of pyridine rings is 1. The second-order valence-corrected chi connectivity index (χ2v) is 5.30. The molecule has 1 fully saturated rings. The van der Waals surface area contributed by atoms with Gasteiger partial charge in [-0.3, -0.25) is 4.79 Å². The maximum Gasteiger partial charge on any atom is 0.254 e. The smallest absolute Gasteiger partial charge is 0.254 e. The van der Waals surface area contributed by atoms with Gasteiger partial charge in [0.15, 0.2) is 0 Å². The molecule has 1 atom stereocenters. The Bertz CT molecular complexity index is 606. The standard InChI is InChI=1S/C15H19N3O2/c19-8-5-13-3-1-2-6-18(13)15(20)12-4-7-17-11-16-10-14(17)9-12/h4,7,9-11,13,19H,1-3,5-6,8H2. The summed E-state index contributed by atoms with van der Waals surface area (Å²) < 4.78 is 1.89. The molecule has 0 saturated carbocycles. The molecule has 0 radical (unpaired) electrons. The zero-order chi connectivity index (χ0) is 13.9. The lowest BCUT2D eigenvalue weighted by Gasteiger charge is -2.35. The van der Waals surface area contributed by atoms with E-state index in [0.29, 0.717) is 12.0 Å². The molecule has 20 heavy (non-hydrogen) atoms. The van der Waals surface area contributed by atoms with Crippen LogP contribution in [0.25, 0.3) is 5.52 Å². The van der Waals surface area contributed by atoms with Crippen LogP contribution in [0, 0.1) is 0 Å². The minimum atomic E-state index is 0.0619. The number of imidazole rings is 1. The predicted molar refractivity (Wildman–Crippen MR) is 75.6 cm³/mol. The zero-order valence-electron chi connectivity index (χ0n) is 11.4. The molecule has 1 aliphatic heterocycles. The van der Waals surface area contributed by atoms with Crippen LogP contribution >= 0.6 is 0 Å². The fourth-order valence-corrected chi connectivity index (χ4v) is 2.94. The fourth-order valence-electron chi connectivity index (χ4n) is 2.94. The number of amides is 1. The van der Waals surface area contributed by atoms with Gasteiger partial charge in [0.25, 0.3) is 5.91 Å². The molecule has 3 heterocycles. The molecule has 0 aliphatic carbocycles. The number of piperidine rings is 1. The van der Waals surface area contributed by atoms with Gasteiger partial charge in [0.1, 0.15) is 0 Å². The van der Waals surface area contributed by atoms with E-state index in [4.69, 9.17) is 5.11 Å². The van der Waals surface area contributed by atoms with Crippen LogP contribution in [0.4, 0.5) is 0 Å². The van der Waals surface area contributed by atoms with Gasteiger partial charge in [0.2, 0.25) is 0 Å². The van der Waals surface area contributed by atoms with Gasteiger partial charge in [-0.25, -0.2) is 4.98 Å². The summed E-state index contributed by atoms with van der Waals surface area (Å²) in [5.41, 5.74) is 1.62. The normalized spacial score (nSPS) is 19.4. The molecular weight excluding hydrogens is 254 g/mol. The average Bonchev–Trinajstić information content (AvgIpc) is 2.95. The lowest BCUT2D eigenvalue weighted by Crippen LogP contribution is -2.44. The van der Waals surface area contributed by atoms with E-state index in [0.717, 1.165) is 31.3 Å². The second-order valence-electron chi connectivity index (χ2n) is 5.30. The summed E-state index contributed by atoms with van der Waals surface area (Å²) >= 11 is 0. The number of nitrogens with zero attached hydrogens (tertiary/aromatic N) is 3. The maximum absolute atomic E-state index is 12.7. The van der Waals surface area contributed by atoms with Crippen LogP contribution in [-0.2, 0) is 0 Å². The third-order valence-corrected chi connectivity index (χ3v) is 4.01. The molecule has 1 amide bonds. The van der Waals surface area contributed by atoms with Crippen LogP contribution in [0.1, 0.15) is 36.0 Å². The minimum Gasteiger partial charge on any atom is -0.396 e. The fraction of sp³-hybridized carbons (Fsp3) is 0.467. The van der Waals surface area contributed by atoms with Gasteiger partial charge in [-0.05, 0) is 37.8 Å². The molecule has 1 unspecified atom stereocenters. The Morgan fingerprint density at radius 1 is 1.45 bits per heavy atom. The molecule has 5 heteroatoms. The summed E-state index contributed by atoms with van der Waals surface area (Å²) in [6, 6.07) is 3.88. The van der Waals surface area contributed by atoms with E-state index in [2.05, 4.69) is 4.98 Å². The number of carbonyl (C=O) groups excluding carboxylic acids is 1. The summed E-state index contributed by atoms with van der Waals surface area (Å²) in [6.45, 7) is 0.921. The number of likely N-dealkylation sites (tertiary alicyclic amines) is 1.